The first kappa shape index (κ1) is 13.7. The second-order valence-electron chi connectivity index (χ2n) is 2.72. The Morgan fingerprint density at radius 2 is 2.00 bits per heavy atom. The summed E-state index contributed by atoms with van der Waals surface area (Å²) < 4.78 is 41.0. The molecule has 1 rings (SSSR count). The number of halogens is 4. The monoisotopic (exact) mass is 223 g/mol. The van der Waals surface area contributed by atoms with Gasteiger partial charge in [-0.15, -0.1) is 6.58 Å². The van der Waals surface area contributed by atoms with E-state index in [4.69, 9.17) is 0 Å². The smallest absolute Gasteiger partial charge is 0.418 e. The fourth-order valence-electron chi connectivity index (χ4n) is 0.965. The molecular weight excluding hydrogens is 211 g/mol. The quantitative estimate of drug-likeness (QED) is 0.436. The molecule has 0 bridgehead atoms. The van der Waals surface area contributed by atoms with E-state index in [2.05, 4.69) is 18.5 Å². The molecule has 1 heterocycles. The summed E-state index contributed by atoms with van der Waals surface area (Å²) in [4.78, 5) is 3.95. The van der Waals surface area contributed by atoms with Crippen molar-refractivity contribution in [2.24, 2.45) is 0 Å². The van der Waals surface area contributed by atoms with Gasteiger partial charge in [0.1, 0.15) is 0 Å². The summed E-state index contributed by atoms with van der Waals surface area (Å²) >= 11 is 0. The van der Waals surface area contributed by atoms with Gasteiger partial charge in [-0.2, -0.15) is 0 Å². The number of rotatable bonds is 3. The van der Waals surface area contributed by atoms with E-state index in [1.54, 1.807) is 6.20 Å². The maximum absolute atomic E-state index is 9.75. The summed E-state index contributed by atoms with van der Waals surface area (Å²) in [7, 11) is -6.00. The summed E-state index contributed by atoms with van der Waals surface area (Å²) in [6, 6.07) is 0.405. The summed E-state index contributed by atoms with van der Waals surface area (Å²) in [5, 5.41) is 0. The third kappa shape index (κ3) is 7.78. The van der Waals surface area contributed by atoms with Crippen molar-refractivity contribution in [2.45, 2.75) is 19.4 Å². The van der Waals surface area contributed by atoms with E-state index in [-0.39, 0.29) is 0 Å². The lowest BCUT2D eigenvalue weighted by molar-refractivity contribution is 0.368. The zero-order chi connectivity index (χ0) is 11.9. The molecule has 1 unspecified atom stereocenters. The average molecular weight is 223 g/mol. The predicted octanol–water partition coefficient (Wildman–Crippen LogP) is 3.32. The van der Waals surface area contributed by atoms with Crippen LogP contribution in [-0.2, 0) is 0 Å². The number of allylic oxidation sites excluding steroid dienone is 1. The van der Waals surface area contributed by atoms with E-state index in [0.29, 0.717) is 6.04 Å². The van der Waals surface area contributed by atoms with Gasteiger partial charge < -0.3 is 21.8 Å². The van der Waals surface area contributed by atoms with Crippen LogP contribution in [0, 0.1) is 0 Å². The lowest BCUT2D eigenvalue weighted by atomic mass is 10.2. The van der Waals surface area contributed by atoms with Gasteiger partial charge in [0.2, 0.25) is 0 Å². The predicted molar refractivity (Wildman–Crippen MR) is 51.9 cm³/mol. The summed E-state index contributed by atoms with van der Waals surface area (Å²) in [6.07, 6.45) is 8.55. The number of hydrogen-bond acceptors (Lipinski definition) is 1. The Balaban J connectivity index is 0.000000336. The molecule has 0 radical (unpaired) electrons. The largest absolute Gasteiger partial charge is 0.673 e. The van der Waals surface area contributed by atoms with Crippen LogP contribution in [0.3, 0.4) is 0 Å². The van der Waals surface area contributed by atoms with Crippen LogP contribution in [0.1, 0.15) is 19.4 Å². The Bertz CT molecular complexity index is 265. The molecule has 2 nitrogen and oxygen atoms in total. The van der Waals surface area contributed by atoms with Gasteiger partial charge in [0.25, 0.3) is 0 Å². The fourth-order valence-corrected chi connectivity index (χ4v) is 0.965. The van der Waals surface area contributed by atoms with E-state index in [9.17, 15) is 17.3 Å². The van der Waals surface area contributed by atoms with Gasteiger partial charge in [-0.3, -0.25) is 0 Å². The first-order valence-corrected chi connectivity index (χ1v) is 4.35. The van der Waals surface area contributed by atoms with Gasteiger partial charge in [-0.1, -0.05) is 13.0 Å². The maximum Gasteiger partial charge on any atom is 0.673 e. The molecule has 15 heavy (non-hydrogen) atoms. The number of hydrogen-bond donors (Lipinski definition) is 0. The van der Waals surface area contributed by atoms with Crippen LogP contribution in [0.4, 0.5) is 17.3 Å². The highest BCUT2D eigenvalue weighted by molar-refractivity contribution is 6.50. The third-order valence-corrected chi connectivity index (χ3v) is 1.60. The fraction of sp³-hybridized carbons (Fsp3) is 0.375. The van der Waals surface area contributed by atoms with Gasteiger partial charge in [0, 0.05) is 12.4 Å². The van der Waals surface area contributed by atoms with Crippen molar-refractivity contribution in [1.82, 2.24) is 9.55 Å². The van der Waals surface area contributed by atoms with Crippen molar-refractivity contribution in [3.63, 3.8) is 0 Å². The Morgan fingerprint density at radius 1 is 1.47 bits per heavy atom. The van der Waals surface area contributed by atoms with E-state index in [1.165, 1.54) is 0 Å². The molecule has 0 spiro atoms. The van der Waals surface area contributed by atoms with Gasteiger partial charge >= 0.3 is 7.25 Å². The maximum atomic E-state index is 9.75. The van der Waals surface area contributed by atoms with E-state index >= 15 is 0 Å². The SMILES string of the molecule is C=CC(CC)n1ccnc1.F[B-](F)(F)F. The van der Waals surface area contributed by atoms with Gasteiger partial charge in [0.05, 0.1) is 12.4 Å². The number of imidazole rings is 1. The Hall–Kier alpha value is -1.27. The highest BCUT2D eigenvalue weighted by Crippen LogP contribution is 2.10. The van der Waals surface area contributed by atoms with E-state index < -0.39 is 7.25 Å². The molecule has 0 aromatic carbocycles. The second kappa shape index (κ2) is 6.26. The molecular formula is C8H12BF4N2-. The highest BCUT2D eigenvalue weighted by Gasteiger charge is 2.20. The van der Waals surface area contributed by atoms with Crippen molar-refractivity contribution in [1.29, 1.82) is 0 Å². The molecule has 0 fully saturated rings. The minimum absolute atomic E-state index is 0.405. The Labute approximate surface area is 85.7 Å². The minimum atomic E-state index is -6.00. The van der Waals surface area contributed by atoms with Gasteiger partial charge in [-0.25, -0.2) is 4.98 Å². The lowest BCUT2D eigenvalue weighted by Crippen LogP contribution is -2.02. The number of aromatic nitrogens is 2. The molecule has 0 aliphatic heterocycles. The number of nitrogens with zero attached hydrogens (tertiary/aromatic N) is 2. The molecule has 0 saturated heterocycles. The first-order valence-electron chi connectivity index (χ1n) is 4.35. The van der Waals surface area contributed by atoms with Crippen LogP contribution in [0.5, 0.6) is 0 Å². The van der Waals surface area contributed by atoms with Crippen LogP contribution in [0.2, 0.25) is 0 Å². The normalized spacial score (nSPS) is 12.6. The van der Waals surface area contributed by atoms with Crippen LogP contribution in [-0.4, -0.2) is 16.8 Å². The summed E-state index contributed by atoms with van der Waals surface area (Å²) in [5.74, 6) is 0. The topological polar surface area (TPSA) is 17.8 Å². The van der Waals surface area contributed by atoms with Gasteiger partial charge in [-0.05, 0) is 6.42 Å². The van der Waals surface area contributed by atoms with E-state index in [0.717, 1.165) is 6.42 Å². The molecule has 0 saturated carbocycles. The standard InChI is InChI=1S/C8H12N2.BF4/c1-3-8(4-2)10-6-5-9-7-10;2-1(3,4)5/h3,5-8H,1,4H2,2H3;/q;-1. The van der Waals surface area contributed by atoms with Crippen molar-refractivity contribution < 1.29 is 17.3 Å². The molecule has 0 N–H and O–H groups in total. The lowest BCUT2D eigenvalue weighted by Gasteiger charge is -2.09. The first-order chi connectivity index (χ1) is 6.88. The van der Waals surface area contributed by atoms with Crippen molar-refractivity contribution in [3.05, 3.63) is 31.4 Å². The minimum Gasteiger partial charge on any atom is -0.418 e. The Kier molecular flexibility index (Phi) is 5.73. The zero-order valence-electron chi connectivity index (χ0n) is 8.28. The average Bonchev–Trinajstić information content (AvgIpc) is 2.56. The molecule has 1 aromatic rings. The van der Waals surface area contributed by atoms with Crippen LogP contribution < -0.4 is 0 Å². The Morgan fingerprint density at radius 3 is 2.27 bits per heavy atom. The van der Waals surface area contributed by atoms with Gasteiger partial charge in [0.15, 0.2) is 0 Å². The third-order valence-electron chi connectivity index (χ3n) is 1.60. The van der Waals surface area contributed by atoms with Crippen LogP contribution >= 0.6 is 0 Å². The van der Waals surface area contributed by atoms with Crippen molar-refractivity contribution in [3.8, 4) is 0 Å². The second-order valence-corrected chi connectivity index (χ2v) is 2.72. The molecule has 0 aliphatic carbocycles. The summed E-state index contributed by atoms with van der Waals surface area (Å²) in [6.45, 7) is 5.87. The molecule has 1 aromatic heterocycles. The van der Waals surface area contributed by atoms with Crippen molar-refractivity contribution >= 4 is 7.25 Å². The molecule has 1 atom stereocenters. The molecule has 86 valence electrons. The van der Waals surface area contributed by atoms with Crippen LogP contribution in [0.15, 0.2) is 31.4 Å². The summed E-state index contributed by atoms with van der Waals surface area (Å²) in [5.41, 5.74) is 0. The van der Waals surface area contributed by atoms with Crippen molar-refractivity contribution in [2.75, 3.05) is 0 Å². The molecule has 7 heteroatoms. The van der Waals surface area contributed by atoms with Crippen LogP contribution in [0.25, 0.3) is 0 Å². The highest BCUT2D eigenvalue weighted by atomic mass is 19.5. The molecule has 0 aliphatic rings. The van der Waals surface area contributed by atoms with E-state index in [1.807, 2.05) is 23.2 Å². The molecule has 0 amide bonds. The zero-order valence-corrected chi connectivity index (χ0v) is 8.28.